The molecule has 0 saturated carbocycles. The molecule has 2 rings (SSSR count). The Kier molecular flexibility index (Phi) is 2.71. The number of hydrogen-bond acceptors (Lipinski definition) is 3. The van der Waals surface area contributed by atoms with E-state index in [1.807, 2.05) is 6.07 Å². The Morgan fingerprint density at radius 3 is 2.88 bits per heavy atom. The number of carboxylic acids is 1. The summed E-state index contributed by atoms with van der Waals surface area (Å²) < 4.78 is 6.54. The largest absolute Gasteiger partial charge is 0.497 e. The van der Waals surface area contributed by atoms with Gasteiger partial charge in [0.05, 0.1) is 13.2 Å². The minimum absolute atomic E-state index is 0.0114. The highest BCUT2D eigenvalue weighted by Crippen LogP contribution is 2.24. The van der Waals surface area contributed by atoms with Crippen molar-refractivity contribution >= 4 is 16.9 Å². The first-order valence-corrected chi connectivity index (χ1v) is 4.95. The first-order valence-electron chi connectivity index (χ1n) is 4.95. The van der Waals surface area contributed by atoms with Crippen molar-refractivity contribution in [1.82, 2.24) is 4.57 Å². The molecule has 0 bridgehead atoms. The van der Waals surface area contributed by atoms with E-state index in [9.17, 15) is 4.79 Å². The highest BCUT2D eigenvalue weighted by Gasteiger charge is 2.14. The molecule has 5 nitrogen and oxygen atoms in total. The fourth-order valence-electron chi connectivity index (χ4n) is 1.79. The number of ether oxygens (including phenoxy) is 1. The smallest absolute Gasteiger partial charge is 0.352 e. The van der Waals surface area contributed by atoms with Crippen molar-refractivity contribution in [2.45, 2.75) is 6.54 Å². The van der Waals surface area contributed by atoms with E-state index in [0.717, 1.165) is 5.39 Å². The second-order valence-electron chi connectivity index (χ2n) is 3.50. The maximum atomic E-state index is 11.1. The quantitative estimate of drug-likeness (QED) is 0.873. The average Bonchev–Trinajstić information content (AvgIpc) is 2.68. The van der Waals surface area contributed by atoms with Crippen LogP contribution in [0.1, 0.15) is 10.5 Å². The molecule has 5 heteroatoms. The Morgan fingerprint density at radius 1 is 1.53 bits per heavy atom. The van der Waals surface area contributed by atoms with Crippen LogP contribution in [0.5, 0.6) is 5.75 Å². The lowest BCUT2D eigenvalue weighted by atomic mass is 10.2. The molecule has 2 aromatic rings. The van der Waals surface area contributed by atoms with Gasteiger partial charge in [-0.15, -0.1) is 0 Å². The van der Waals surface area contributed by atoms with Gasteiger partial charge in [0.25, 0.3) is 0 Å². The van der Waals surface area contributed by atoms with Crippen molar-refractivity contribution in [3.05, 3.63) is 30.0 Å². The molecule has 0 aliphatic rings. The number of hydrogen-bond donors (Lipinski definition) is 1. The SMILES string of the molecule is COc1ccc2c(c1)cc(C(=O)O)n2CC#N. The van der Waals surface area contributed by atoms with Gasteiger partial charge < -0.3 is 14.4 Å². The zero-order chi connectivity index (χ0) is 12.4. The van der Waals surface area contributed by atoms with Crippen LogP contribution in [0, 0.1) is 11.3 Å². The van der Waals surface area contributed by atoms with Crippen molar-refractivity contribution in [3.8, 4) is 11.8 Å². The van der Waals surface area contributed by atoms with Crippen molar-refractivity contribution in [1.29, 1.82) is 5.26 Å². The van der Waals surface area contributed by atoms with Crippen LogP contribution in [0.4, 0.5) is 0 Å². The zero-order valence-corrected chi connectivity index (χ0v) is 9.17. The van der Waals surface area contributed by atoms with Gasteiger partial charge in [-0.1, -0.05) is 0 Å². The van der Waals surface area contributed by atoms with Crippen LogP contribution in [0.2, 0.25) is 0 Å². The molecular formula is C12H10N2O3. The number of nitrogens with zero attached hydrogens (tertiary/aromatic N) is 2. The molecule has 0 saturated heterocycles. The summed E-state index contributed by atoms with van der Waals surface area (Å²) in [7, 11) is 1.55. The molecule has 0 amide bonds. The first kappa shape index (κ1) is 11.0. The van der Waals surface area contributed by atoms with Crippen LogP contribution in [-0.4, -0.2) is 22.8 Å². The van der Waals surface area contributed by atoms with Crippen molar-refractivity contribution < 1.29 is 14.6 Å². The Balaban J connectivity index is 2.70. The molecule has 1 aromatic heterocycles. The van der Waals surface area contributed by atoms with E-state index in [1.165, 1.54) is 10.6 Å². The molecule has 86 valence electrons. The van der Waals surface area contributed by atoms with Gasteiger partial charge in [0.1, 0.15) is 18.0 Å². The molecule has 1 heterocycles. The van der Waals surface area contributed by atoms with E-state index in [4.69, 9.17) is 15.1 Å². The summed E-state index contributed by atoms with van der Waals surface area (Å²) in [5.74, 6) is -0.390. The predicted molar refractivity (Wildman–Crippen MR) is 61.1 cm³/mol. The molecular weight excluding hydrogens is 220 g/mol. The molecule has 0 radical (unpaired) electrons. The van der Waals surface area contributed by atoms with E-state index in [-0.39, 0.29) is 12.2 Å². The van der Waals surface area contributed by atoms with Gasteiger partial charge >= 0.3 is 5.97 Å². The van der Waals surface area contributed by atoms with Crippen LogP contribution < -0.4 is 4.74 Å². The number of aromatic carboxylic acids is 1. The number of rotatable bonds is 3. The summed E-state index contributed by atoms with van der Waals surface area (Å²) in [6.45, 7) is 0.0114. The Morgan fingerprint density at radius 2 is 2.29 bits per heavy atom. The van der Waals surface area contributed by atoms with Gasteiger partial charge in [0, 0.05) is 10.9 Å². The second-order valence-corrected chi connectivity index (χ2v) is 3.50. The van der Waals surface area contributed by atoms with Gasteiger partial charge in [-0.3, -0.25) is 0 Å². The summed E-state index contributed by atoms with van der Waals surface area (Å²) >= 11 is 0. The highest BCUT2D eigenvalue weighted by molar-refractivity contribution is 5.95. The molecule has 0 aliphatic carbocycles. The molecule has 0 aliphatic heterocycles. The maximum Gasteiger partial charge on any atom is 0.352 e. The second kappa shape index (κ2) is 4.18. The predicted octanol–water partition coefficient (Wildman–Crippen LogP) is 1.87. The van der Waals surface area contributed by atoms with Crippen LogP contribution >= 0.6 is 0 Å². The topological polar surface area (TPSA) is 75.2 Å². The van der Waals surface area contributed by atoms with Gasteiger partial charge in [-0.05, 0) is 24.3 Å². The summed E-state index contributed by atoms with van der Waals surface area (Å²) in [4.78, 5) is 11.1. The van der Waals surface area contributed by atoms with Crippen molar-refractivity contribution in [3.63, 3.8) is 0 Å². The first-order chi connectivity index (χ1) is 8.17. The number of methoxy groups -OCH3 is 1. The lowest BCUT2D eigenvalue weighted by Crippen LogP contribution is -2.07. The van der Waals surface area contributed by atoms with Gasteiger partial charge in [-0.2, -0.15) is 5.26 Å². The van der Waals surface area contributed by atoms with Crippen LogP contribution in [-0.2, 0) is 6.54 Å². The van der Waals surface area contributed by atoms with Crippen molar-refractivity contribution in [2.75, 3.05) is 7.11 Å². The average molecular weight is 230 g/mol. The third-order valence-corrected chi connectivity index (χ3v) is 2.56. The monoisotopic (exact) mass is 230 g/mol. The maximum absolute atomic E-state index is 11.1. The zero-order valence-electron chi connectivity index (χ0n) is 9.17. The Hall–Kier alpha value is -2.48. The number of nitriles is 1. The fourth-order valence-corrected chi connectivity index (χ4v) is 1.79. The molecule has 1 N–H and O–H groups in total. The number of carbonyl (C=O) groups is 1. The van der Waals surface area contributed by atoms with E-state index in [2.05, 4.69) is 0 Å². The molecule has 0 unspecified atom stereocenters. The highest BCUT2D eigenvalue weighted by atomic mass is 16.5. The van der Waals surface area contributed by atoms with Crippen LogP contribution in [0.3, 0.4) is 0 Å². The number of fused-ring (bicyclic) bond motifs is 1. The Bertz CT molecular complexity index is 622. The van der Waals surface area contributed by atoms with Crippen molar-refractivity contribution in [2.24, 2.45) is 0 Å². The van der Waals surface area contributed by atoms with Gasteiger partial charge in [-0.25, -0.2) is 4.79 Å². The molecule has 17 heavy (non-hydrogen) atoms. The molecule has 1 aromatic carbocycles. The summed E-state index contributed by atoms with van der Waals surface area (Å²) in [6.07, 6.45) is 0. The van der Waals surface area contributed by atoms with E-state index < -0.39 is 5.97 Å². The molecule has 0 spiro atoms. The van der Waals surface area contributed by atoms with Crippen LogP contribution in [0.15, 0.2) is 24.3 Å². The van der Waals surface area contributed by atoms with E-state index in [1.54, 1.807) is 25.3 Å². The number of carboxylic acid groups (broad SMARTS) is 1. The minimum Gasteiger partial charge on any atom is -0.497 e. The summed E-state index contributed by atoms with van der Waals surface area (Å²) in [5.41, 5.74) is 0.819. The van der Waals surface area contributed by atoms with E-state index in [0.29, 0.717) is 11.3 Å². The van der Waals surface area contributed by atoms with Crippen LogP contribution in [0.25, 0.3) is 10.9 Å². The Labute approximate surface area is 97.5 Å². The fraction of sp³-hybridized carbons (Fsp3) is 0.167. The number of aromatic nitrogens is 1. The summed E-state index contributed by atoms with van der Waals surface area (Å²) in [6, 6.07) is 8.73. The standard InChI is InChI=1S/C12H10N2O3/c1-17-9-2-3-10-8(6-9)7-11(12(15)16)14(10)5-4-13/h2-3,6-7H,5H2,1H3,(H,15,16). The third-order valence-electron chi connectivity index (χ3n) is 2.56. The molecule has 0 atom stereocenters. The molecule has 0 fully saturated rings. The minimum atomic E-state index is -1.05. The van der Waals surface area contributed by atoms with E-state index >= 15 is 0 Å². The number of benzene rings is 1. The summed E-state index contributed by atoms with van der Waals surface area (Å²) in [5, 5.41) is 18.5. The van der Waals surface area contributed by atoms with Gasteiger partial charge in [0.15, 0.2) is 0 Å². The third kappa shape index (κ3) is 1.81. The lowest BCUT2D eigenvalue weighted by Gasteiger charge is -2.03. The normalized spacial score (nSPS) is 10.1. The van der Waals surface area contributed by atoms with Gasteiger partial charge in [0.2, 0.25) is 0 Å². The lowest BCUT2D eigenvalue weighted by molar-refractivity contribution is 0.0686.